The third kappa shape index (κ3) is 3.61. The van der Waals surface area contributed by atoms with Crippen LogP contribution in [0.4, 0.5) is 0 Å². The van der Waals surface area contributed by atoms with Gasteiger partial charge in [0.05, 0.1) is 34.2 Å². The predicted octanol–water partition coefficient (Wildman–Crippen LogP) is 6.62. The molecule has 1 aliphatic rings. The number of rotatable bonds is 4. The van der Waals surface area contributed by atoms with Gasteiger partial charge in [0, 0.05) is 10.9 Å². The molecule has 0 radical (unpaired) electrons. The lowest BCUT2D eigenvalue weighted by Crippen LogP contribution is -2.29. The number of aromatic hydroxyl groups is 1. The van der Waals surface area contributed by atoms with E-state index in [1.165, 1.54) is 10.5 Å². The first kappa shape index (κ1) is 22.9. The average Bonchev–Trinajstić information content (AvgIpc) is 3.44. The molecule has 6 nitrogen and oxygen atoms in total. The van der Waals surface area contributed by atoms with Crippen LogP contribution in [0.3, 0.4) is 0 Å². The van der Waals surface area contributed by atoms with Crippen molar-refractivity contribution in [1.29, 1.82) is 0 Å². The predicted molar refractivity (Wildman–Crippen MR) is 153 cm³/mol. The van der Waals surface area contributed by atoms with Crippen molar-refractivity contribution in [2.45, 2.75) is 13.5 Å². The van der Waals surface area contributed by atoms with Gasteiger partial charge in [0.1, 0.15) is 11.4 Å². The third-order valence-corrected chi connectivity index (χ3v) is 7.39. The number of carbonyl (C=O) groups is 2. The molecule has 0 bridgehead atoms. The van der Waals surface area contributed by atoms with Crippen molar-refractivity contribution in [2.75, 3.05) is 0 Å². The lowest BCUT2D eigenvalue weighted by atomic mass is 10.0. The Morgan fingerprint density at radius 1 is 0.821 bits per heavy atom. The summed E-state index contributed by atoms with van der Waals surface area (Å²) in [5.41, 5.74) is 7.52. The molecule has 0 saturated carbocycles. The molecule has 1 aliphatic heterocycles. The van der Waals surface area contributed by atoms with Gasteiger partial charge in [-0.05, 0) is 60.5 Å². The Bertz CT molecular complexity index is 1970. The van der Waals surface area contributed by atoms with E-state index in [2.05, 4.69) is 31.2 Å². The number of phenolic OH excluding ortho intramolecular Hbond substituents is 1. The molecule has 0 unspecified atom stereocenters. The van der Waals surface area contributed by atoms with Gasteiger partial charge in [-0.25, -0.2) is 4.98 Å². The van der Waals surface area contributed by atoms with Gasteiger partial charge in [-0.1, -0.05) is 66.2 Å². The van der Waals surface area contributed by atoms with E-state index in [0.717, 1.165) is 27.5 Å². The van der Waals surface area contributed by atoms with Crippen LogP contribution < -0.4 is 0 Å². The fourth-order valence-electron chi connectivity index (χ4n) is 5.41. The fourth-order valence-corrected chi connectivity index (χ4v) is 5.41. The van der Waals surface area contributed by atoms with Crippen molar-refractivity contribution in [2.24, 2.45) is 0 Å². The summed E-state index contributed by atoms with van der Waals surface area (Å²) in [6.45, 7) is 1.99. The minimum Gasteiger partial charge on any atom is -0.508 e. The molecule has 6 heteroatoms. The molecule has 0 spiro atoms. The monoisotopic (exact) mass is 509 g/mol. The van der Waals surface area contributed by atoms with Crippen molar-refractivity contribution < 1.29 is 14.7 Å². The summed E-state index contributed by atoms with van der Waals surface area (Å²) < 4.78 is 2.00. The highest BCUT2D eigenvalue weighted by atomic mass is 16.3. The molecular formula is C33H23N3O3. The van der Waals surface area contributed by atoms with Crippen LogP contribution in [0.15, 0.2) is 91.0 Å². The van der Waals surface area contributed by atoms with Crippen LogP contribution in [0.2, 0.25) is 0 Å². The van der Waals surface area contributed by atoms with E-state index in [4.69, 9.17) is 4.98 Å². The summed E-state index contributed by atoms with van der Waals surface area (Å²) >= 11 is 0. The number of carbonyl (C=O) groups excluding carboxylic acids is 2. The molecule has 0 saturated heterocycles. The highest BCUT2D eigenvalue weighted by Gasteiger charge is 2.36. The molecule has 6 aromatic rings. The first-order chi connectivity index (χ1) is 19.0. The van der Waals surface area contributed by atoms with Crippen molar-refractivity contribution >= 4 is 51.5 Å². The van der Waals surface area contributed by atoms with Gasteiger partial charge in [0.25, 0.3) is 11.8 Å². The molecule has 7 rings (SSSR count). The molecule has 39 heavy (non-hydrogen) atoms. The summed E-state index contributed by atoms with van der Waals surface area (Å²) in [5, 5.41) is 12.0. The number of hydrogen-bond donors (Lipinski definition) is 1. The molecule has 188 valence electrons. The lowest BCUT2D eigenvalue weighted by molar-refractivity contribution is 0.0642. The Morgan fingerprint density at radius 3 is 2.26 bits per heavy atom. The van der Waals surface area contributed by atoms with E-state index < -0.39 is 0 Å². The number of imide groups is 1. The number of phenols is 1. The third-order valence-electron chi connectivity index (χ3n) is 7.39. The van der Waals surface area contributed by atoms with Crippen molar-refractivity contribution in [3.63, 3.8) is 0 Å². The van der Waals surface area contributed by atoms with Gasteiger partial charge in [0.2, 0.25) is 0 Å². The van der Waals surface area contributed by atoms with Crippen LogP contribution in [0, 0.1) is 6.92 Å². The number of aryl methyl sites for hydroxylation is 1. The van der Waals surface area contributed by atoms with Crippen LogP contribution in [0.5, 0.6) is 5.75 Å². The Balaban J connectivity index is 1.46. The lowest BCUT2D eigenvalue weighted by Gasteiger charge is -2.18. The molecule has 2 aromatic heterocycles. The second-order valence-corrected chi connectivity index (χ2v) is 9.84. The van der Waals surface area contributed by atoms with Gasteiger partial charge in [-0.15, -0.1) is 0 Å². The number of benzene rings is 4. The maximum atomic E-state index is 13.2. The van der Waals surface area contributed by atoms with E-state index in [1.54, 1.807) is 30.3 Å². The number of fused-ring (bicyclic) bond motifs is 6. The van der Waals surface area contributed by atoms with E-state index in [0.29, 0.717) is 27.9 Å². The van der Waals surface area contributed by atoms with Crippen molar-refractivity contribution in [3.05, 3.63) is 124 Å². The second-order valence-electron chi connectivity index (χ2n) is 9.84. The molecule has 1 N–H and O–H groups in total. The maximum absolute atomic E-state index is 13.2. The molecule has 4 aromatic carbocycles. The molecular weight excluding hydrogens is 486 g/mol. The molecule has 2 amide bonds. The van der Waals surface area contributed by atoms with Gasteiger partial charge >= 0.3 is 0 Å². The Kier molecular flexibility index (Phi) is 5.10. The van der Waals surface area contributed by atoms with Gasteiger partial charge < -0.3 is 5.11 Å². The second kappa shape index (κ2) is 8.67. The quantitative estimate of drug-likeness (QED) is 0.271. The minimum absolute atomic E-state index is 0.0119. The largest absolute Gasteiger partial charge is 0.508 e. The number of aromatic nitrogens is 2. The SMILES string of the molecule is Cc1ccc(/C=C/c2cc3nc4ccccc4n3c3c(CN4C(=O)c5ccccc5C4=O)c(O)ccc23)cc1. The van der Waals surface area contributed by atoms with Crippen LogP contribution in [0.25, 0.3) is 39.7 Å². The van der Waals surface area contributed by atoms with E-state index >= 15 is 0 Å². The zero-order valence-corrected chi connectivity index (χ0v) is 21.1. The van der Waals surface area contributed by atoms with Gasteiger partial charge in [-0.3, -0.25) is 18.9 Å². The Morgan fingerprint density at radius 2 is 1.51 bits per heavy atom. The molecule has 0 atom stereocenters. The summed E-state index contributed by atoms with van der Waals surface area (Å²) in [6, 6.07) is 28.4. The highest BCUT2D eigenvalue weighted by molar-refractivity contribution is 6.21. The summed E-state index contributed by atoms with van der Waals surface area (Å²) in [4.78, 5) is 32.5. The number of pyridine rings is 1. The van der Waals surface area contributed by atoms with Crippen LogP contribution in [-0.4, -0.2) is 31.2 Å². The first-order valence-corrected chi connectivity index (χ1v) is 12.7. The van der Waals surface area contributed by atoms with Crippen LogP contribution >= 0.6 is 0 Å². The Labute approximate surface area is 224 Å². The maximum Gasteiger partial charge on any atom is 0.261 e. The van der Waals surface area contributed by atoms with Crippen LogP contribution in [0.1, 0.15) is 43.0 Å². The Hall–Kier alpha value is -5.23. The van der Waals surface area contributed by atoms with E-state index in [1.807, 2.05) is 53.0 Å². The van der Waals surface area contributed by atoms with Crippen LogP contribution in [-0.2, 0) is 6.54 Å². The summed E-state index contributed by atoms with van der Waals surface area (Å²) in [5.74, 6) is -0.721. The first-order valence-electron chi connectivity index (χ1n) is 12.7. The highest BCUT2D eigenvalue weighted by Crippen LogP contribution is 2.36. The molecule has 0 aliphatic carbocycles. The number of imidazole rings is 1. The zero-order valence-electron chi connectivity index (χ0n) is 21.1. The normalized spacial score (nSPS) is 13.4. The summed E-state index contributed by atoms with van der Waals surface area (Å²) in [7, 11) is 0. The summed E-state index contributed by atoms with van der Waals surface area (Å²) in [6.07, 6.45) is 4.08. The topological polar surface area (TPSA) is 74.9 Å². The fraction of sp³-hybridized carbons (Fsp3) is 0.0606. The molecule has 0 fully saturated rings. The number of amides is 2. The smallest absolute Gasteiger partial charge is 0.261 e. The van der Waals surface area contributed by atoms with Crippen molar-refractivity contribution in [3.8, 4) is 5.75 Å². The van der Waals surface area contributed by atoms with Gasteiger partial charge in [-0.2, -0.15) is 0 Å². The standard InChI is InChI=1S/C33H23N3O3/c1-20-10-12-21(13-11-20)14-15-22-18-30-34-27-8-4-5-9-28(27)36(30)31-23(22)16-17-29(37)26(31)19-35-32(38)24-6-2-3-7-25(24)33(35)39/h2-18,37H,19H2,1H3/b15-14+. The van der Waals surface area contributed by atoms with E-state index in [-0.39, 0.29) is 24.1 Å². The van der Waals surface area contributed by atoms with Gasteiger partial charge in [0.15, 0.2) is 0 Å². The minimum atomic E-state index is -0.367. The zero-order chi connectivity index (χ0) is 26.7. The average molecular weight is 510 g/mol. The number of hydrogen-bond acceptors (Lipinski definition) is 4. The number of nitrogens with zero attached hydrogens (tertiary/aromatic N) is 3. The molecule has 3 heterocycles. The number of para-hydroxylation sites is 2. The van der Waals surface area contributed by atoms with Crippen molar-refractivity contribution in [1.82, 2.24) is 14.3 Å². The van der Waals surface area contributed by atoms with E-state index in [9.17, 15) is 14.7 Å².